The van der Waals surface area contributed by atoms with E-state index in [0.29, 0.717) is 0 Å². The highest BCUT2D eigenvalue weighted by atomic mass is 15.1. The van der Waals surface area contributed by atoms with Crippen LogP contribution in [0.1, 0.15) is 71.6 Å². The van der Waals surface area contributed by atoms with Crippen molar-refractivity contribution in [1.82, 2.24) is 4.57 Å². The second kappa shape index (κ2) is 10.2. The molecule has 0 aliphatic carbocycles. The lowest BCUT2D eigenvalue weighted by atomic mass is 10.1. The fourth-order valence-electron chi connectivity index (χ4n) is 2.32. The van der Waals surface area contributed by atoms with E-state index in [1.54, 1.807) is 0 Å². The number of aryl methyl sites for hydroxylation is 2. The molecule has 0 bridgehead atoms. The van der Waals surface area contributed by atoms with Crippen LogP contribution in [-0.4, -0.2) is 4.57 Å². The highest BCUT2D eigenvalue weighted by molar-refractivity contribution is 4.66. The average Bonchev–Trinajstić information content (AvgIpc) is 2.82. The number of rotatable bonds is 11. The molecule has 104 valence electrons. The zero-order valence-electron chi connectivity index (χ0n) is 12.4. The van der Waals surface area contributed by atoms with E-state index in [4.69, 9.17) is 0 Å². The average molecular weight is 251 g/mol. The Balaban J connectivity index is 2.07. The van der Waals surface area contributed by atoms with E-state index in [0.717, 1.165) is 0 Å². The van der Waals surface area contributed by atoms with Crippen LogP contribution in [0.2, 0.25) is 0 Å². The first-order valence-electron chi connectivity index (χ1n) is 7.91. The molecular weight excluding hydrogens is 220 g/mol. The predicted molar refractivity (Wildman–Crippen MR) is 77.5 cm³/mol. The molecule has 0 radical (unpaired) electrons. The minimum absolute atomic E-state index is 1.18. The highest BCUT2D eigenvalue weighted by Gasteiger charge is 2.02. The molecule has 0 spiro atoms. The van der Waals surface area contributed by atoms with Crippen LogP contribution in [0.5, 0.6) is 0 Å². The van der Waals surface area contributed by atoms with Crippen LogP contribution < -0.4 is 4.57 Å². The van der Waals surface area contributed by atoms with E-state index in [2.05, 4.69) is 41.7 Å². The van der Waals surface area contributed by atoms with Gasteiger partial charge in [-0.1, -0.05) is 46.0 Å². The Kier molecular flexibility index (Phi) is 8.62. The first-order chi connectivity index (χ1) is 8.86. The second-order valence-corrected chi connectivity index (χ2v) is 5.36. The van der Waals surface area contributed by atoms with Crippen molar-refractivity contribution in [3.8, 4) is 0 Å². The lowest BCUT2D eigenvalue weighted by Gasteiger charge is -1.99. The lowest BCUT2D eigenvalue weighted by Crippen LogP contribution is -2.30. The quantitative estimate of drug-likeness (QED) is 0.409. The summed E-state index contributed by atoms with van der Waals surface area (Å²) in [5.74, 6) is 0. The van der Waals surface area contributed by atoms with Gasteiger partial charge in [0.25, 0.3) is 0 Å². The molecule has 0 aromatic carbocycles. The van der Waals surface area contributed by atoms with Gasteiger partial charge in [-0.05, 0) is 25.7 Å². The summed E-state index contributed by atoms with van der Waals surface area (Å²) in [4.78, 5) is 0. The third kappa shape index (κ3) is 6.83. The number of unbranched alkanes of at least 4 members (excludes halogenated alkanes) is 7. The molecule has 0 fully saturated rings. The van der Waals surface area contributed by atoms with Crippen LogP contribution in [0.3, 0.4) is 0 Å². The lowest BCUT2D eigenvalue weighted by molar-refractivity contribution is -0.696. The molecule has 0 atom stereocenters. The van der Waals surface area contributed by atoms with Crippen molar-refractivity contribution in [1.29, 1.82) is 0 Å². The molecule has 0 saturated heterocycles. The monoisotopic (exact) mass is 251 g/mol. The molecule has 0 unspecified atom stereocenters. The van der Waals surface area contributed by atoms with E-state index < -0.39 is 0 Å². The van der Waals surface area contributed by atoms with Gasteiger partial charge in [0.2, 0.25) is 6.33 Å². The summed E-state index contributed by atoms with van der Waals surface area (Å²) >= 11 is 0. The van der Waals surface area contributed by atoms with Gasteiger partial charge in [0, 0.05) is 0 Å². The predicted octanol–water partition coefficient (Wildman–Crippen LogP) is 4.33. The zero-order valence-corrected chi connectivity index (χ0v) is 12.4. The van der Waals surface area contributed by atoms with Crippen molar-refractivity contribution in [3.63, 3.8) is 0 Å². The first-order valence-corrected chi connectivity index (χ1v) is 7.91. The summed E-state index contributed by atoms with van der Waals surface area (Å²) in [6.45, 7) is 6.90. The highest BCUT2D eigenvalue weighted by Crippen LogP contribution is 2.05. The molecule has 1 heterocycles. The minimum atomic E-state index is 1.18. The van der Waals surface area contributed by atoms with Crippen LogP contribution in [0.15, 0.2) is 18.7 Å². The maximum absolute atomic E-state index is 2.34. The van der Waals surface area contributed by atoms with Crippen molar-refractivity contribution in [2.45, 2.75) is 84.7 Å². The number of hydrogen-bond donors (Lipinski definition) is 0. The van der Waals surface area contributed by atoms with E-state index in [1.165, 1.54) is 70.9 Å². The van der Waals surface area contributed by atoms with Gasteiger partial charge in [-0.25, -0.2) is 9.13 Å². The fourth-order valence-corrected chi connectivity index (χ4v) is 2.32. The third-order valence-corrected chi connectivity index (χ3v) is 3.54. The molecule has 18 heavy (non-hydrogen) atoms. The molecule has 0 N–H and O–H groups in total. The molecule has 2 heteroatoms. The molecule has 1 aromatic rings. The SMILES string of the molecule is CCCCCCCCn1cc[n+](CCCCC)c1. The molecule has 2 nitrogen and oxygen atoms in total. The summed E-state index contributed by atoms with van der Waals surface area (Å²) in [5.41, 5.74) is 0. The molecule has 1 aromatic heterocycles. The third-order valence-electron chi connectivity index (χ3n) is 3.54. The maximum Gasteiger partial charge on any atom is 0.243 e. The number of nitrogens with zero attached hydrogens (tertiary/aromatic N) is 2. The number of aromatic nitrogens is 2. The second-order valence-electron chi connectivity index (χ2n) is 5.36. The van der Waals surface area contributed by atoms with E-state index in [1.807, 2.05) is 0 Å². The Bertz CT molecular complexity index is 291. The standard InChI is InChI=1S/C16H31N2/c1-3-5-7-8-9-11-13-18-15-14-17(16-18)12-10-6-4-2/h14-16H,3-13H2,1-2H3/q+1. The molecule has 0 aliphatic heterocycles. The number of hydrogen-bond acceptors (Lipinski definition) is 0. The topological polar surface area (TPSA) is 8.81 Å². The van der Waals surface area contributed by atoms with E-state index in [9.17, 15) is 0 Å². The van der Waals surface area contributed by atoms with E-state index >= 15 is 0 Å². The molecule has 0 amide bonds. The summed E-state index contributed by atoms with van der Waals surface area (Å²) < 4.78 is 4.67. The van der Waals surface area contributed by atoms with Crippen LogP contribution in [0.25, 0.3) is 0 Å². The van der Waals surface area contributed by atoms with Crippen molar-refractivity contribution < 1.29 is 4.57 Å². The van der Waals surface area contributed by atoms with E-state index in [-0.39, 0.29) is 0 Å². The smallest absolute Gasteiger partial charge is 0.237 e. The Labute approximate surface area is 113 Å². The molecule has 1 rings (SSSR count). The Morgan fingerprint density at radius 2 is 1.50 bits per heavy atom. The van der Waals surface area contributed by atoms with Gasteiger partial charge in [0.1, 0.15) is 12.4 Å². The summed E-state index contributed by atoms with van der Waals surface area (Å²) in [5, 5.41) is 0. The Morgan fingerprint density at radius 1 is 0.833 bits per heavy atom. The Hall–Kier alpha value is -0.790. The van der Waals surface area contributed by atoms with Gasteiger partial charge in [-0.3, -0.25) is 0 Å². The van der Waals surface area contributed by atoms with Crippen LogP contribution in [0, 0.1) is 0 Å². The summed E-state index contributed by atoms with van der Waals surface area (Å²) in [7, 11) is 0. The largest absolute Gasteiger partial charge is 0.243 e. The van der Waals surface area contributed by atoms with Crippen LogP contribution >= 0.6 is 0 Å². The molecule has 0 aliphatic rings. The molecular formula is C16H31N2+. The number of imidazole rings is 1. The summed E-state index contributed by atoms with van der Waals surface area (Å²) in [6, 6.07) is 0. The zero-order chi connectivity index (χ0) is 13.1. The summed E-state index contributed by atoms with van der Waals surface area (Å²) in [6.07, 6.45) is 18.9. The fraction of sp³-hybridized carbons (Fsp3) is 0.812. The van der Waals surface area contributed by atoms with Gasteiger partial charge in [0.15, 0.2) is 0 Å². The van der Waals surface area contributed by atoms with Gasteiger partial charge in [-0.15, -0.1) is 0 Å². The maximum atomic E-state index is 2.34. The Morgan fingerprint density at radius 3 is 2.28 bits per heavy atom. The van der Waals surface area contributed by atoms with Gasteiger partial charge in [0.05, 0.1) is 13.1 Å². The van der Waals surface area contributed by atoms with Gasteiger partial charge >= 0.3 is 0 Å². The van der Waals surface area contributed by atoms with Crippen molar-refractivity contribution >= 4 is 0 Å². The minimum Gasteiger partial charge on any atom is -0.237 e. The normalized spacial score (nSPS) is 11.0. The van der Waals surface area contributed by atoms with Gasteiger partial charge in [-0.2, -0.15) is 0 Å². The van der Waals surface area contributed by atoms with Crippen molar-refractivity contribution in [3.05, 3.63) is 18.7 Å². The van der Waals surface area contributed by atoms with Crippen LogP contribution in [0.4, 0.5) is 0 Å². The van der Waals surface area contributed by atoms with Crippen molar-refractivity contribution in [2.24, 2.45) is 0 Å². The molecule has 0 saturated carbocycles. The first kappa shape index (κ1) is 15.3. The van der Waals surface area contributed by atoms with Gasteiger partial charge < -0.3 is 0 Å². The van der Waals surface area contributed by atoms with Crippen LogP contribution in [-0.2, 0) is 13.1 Å². The van der Waals surface area contributed by atoms with Crippen molar-refractivity contribution in [2.75, 3.05) is 0 Å².